The maximum Gasteiger partial charge on any atom is 0.511 e. The van der Waals surface area contributed by atoms with Crippen LogP contribution in [0.25, 0.3) is 0 Å². The first kappa shape index (κ1) is 27.2. The summed E-state index contributed by atoms with van der Waals surface area (Å²) in [5.74, 6) is -1.81. The molecule has 1 aromatic rings. The molecule has 3 atom stereocenters. The Labute approximate surface area is 214 Å². The summed E-state index contributed by atoms with van der Waals surface area (Å²) >= 11 is 2.45. The number of anilines is 1. The summed E-state index contributed by atoms with van der Waals surface area (Å²) in [6.07, 6.45) is -2.27. The van der Waals surface area contributed by atoms with Crippen LogP contribution in [0.3, 0.4) is 0 Å². The SMILES string of the molecule is CCOC(=O)O[C@H](C)OC(=O)C1=C(COC)CS[C@@H]2[C@H](NC(=O)/C(=N\OC)c3csc(N)n3)C(=O)N12. The number of hydrogen-bond acceptors (Lipinski definition) is 14. The van der Waals surface area contributed by atoms with Gasteiger partial charge in [0.15, 0.2) is 10.8 Å². The lowest BCUT2D eigenvalue weighted by molar-refractivity contribution is -0.169. The second-order valence-corrected chi connectivity index (χ2v) is 9.21. The van der Waals surface area contributed by atoms with Crippen LogP contribution in [0, 0.1) is 0 Å². The van der Waals surface area contributed by atoms with Gasteiger partial charge in [-0.15, -0.1) is 23.1 Å². The van der Waals surface area contributed by atoms with Crippen molar-refractivity contribution >= 4 is 57.9 Å². The van der Waals surface area contributed by atoms with Gasteiger partial charge in [0.05, 0.1) is 13.2 Å². The van der Waals surface area contributed by atoms with Crippen LogP contribution < -0.4 is 11.1 Å². The lowest BCUT2D eigenvalue weighted by atomic mass is 10.0. The summed E-state index contributed by atoms with van der Waals surface area (Å²) in [7, 11) is 2.71. The number of hydrogen-bond donors (Lipinski definition) is 2. The highest BCUT2D eigenvalue weighted by atomic mass is 32.2. The molecule has 3 N–H and O–H groups in total. The molecule has 1 saturated heterocycles. The number of oxime groups is 1. The van der Waals surface area contributed by atoms with Gasteiger partial charge in [0.25, 0.3) is 11.8 Å². The zero-order valence-electron chi connectivity index (χ0n) is 19.8. The quantitative estimate of drug-likeness (QED) is 0.137. The molecule has 1 aromatic heterocycles. The van der Waals surface area contributed by atoms with E-state index in [4.69, 9.17) is 24.8 Å². The number of nitrogens with zero attached hydrogens (tertiary/aromatic N) is 3. The number of ether oxygens (including phenoxy) is 4. The number of thiazole rings is 1. The number of β-lactam (4-membered cyclic amide) rings is 1. The fraction of sp³-hybridized carbons (Fsp3) is 0.500. The van der Waals surface area contributed by atoms with Gasteiger partial charge in [-0.1, -0.05) is 5.16 Å². The molecule has 3 rings (SSSR count). The van der Waals surface area contributed by atoms with Crippen LogP contribution in [0.1, 0.15) is 19.5 Å². The third-order valence-corrected chi connectivity index (χ3v) is 6.82. The molecule has 0 aliphatic carbocycles. The maximum atomic E-state index is 13.1. The molecule has 196 valence electrons. The number of esters is 1. The van der Waals surface area contributed by atoms with Crippen LogP contribution in [0.4, 0.5) is 9.93 Å². The van der Waals surface area contributed by atoms with E-state index in [0.29, 0.717) is 11.3 Å². The lowest BCUT2D eigenvalue weighted by Crippen LogP contribution is -2.71. The molecular weight excluding hydrogens is 518 g/mol. The Hall–Kier alpha value is -3.37. The average molecular weight is 544 g/mol. The topological polar surface area (TPSA) is 181 Å². The number of amides is 2. The molecule has 16 heteroatoms. The Morgan fingerprint density at radius 1 is 1.33 bits per heavy atom. The number of fused-ring (bicyclic) bond motifs is 1. The summed E-state index contributed by atoms with van der Waals surface area (Å²) in [4.78, 5) is 60.4. The number of carbonyl (C=O) groups is 4. The van der Waals surface area contributed by atoms with Crippen LogP contribution in [0.15, 0.2) is 21.8 Å². The van der Waals surface area contributed by atoms with E-state index in [1.165, 1.54) is 43.2 Å². The number of nitrogens with two attached hydrogens (primary N) is 1. The van der Waals surface area contributed by atoms with Crippen molar-refractivity contribution in [2.45, 2.75) is 31.6 Å². The van der Waals surface area contributed by atoms with Crippen LogP contribution in [0.5, 0.6) is 0 Å². The second kappa shape index (κ2) is 12.0. The van der Waals surface area contributed by atoms with E-state index in [9.17, 15) is 19.2 Å². The maximum absolute atomic E-state index is 13.1. The molecule has 2 amide bonds. The van der Waals surface area contributed by atoms with E-state index in [1.807, 2.05) is 0 Å². The van der Waals surface area contributed by atoms with Crippen molar-refractivity contribution in [2.24, 2.45) is 5.16 Å². The summed E-state index contributed by atoms with van der Waals surface area (Å²) in [5, 5.41) is 7.48. The standard InChI is InChI=1S/C20H25N5O9S2/c1-5-32-20(29)34-9(2)33-18(28)14-10(6-30-3)7-35-17-13(16(27)25(14)17)23-15(26)12(24-31-4)11-8-36-19(21)22-11/h8-9,13,17H,5-7H2,1-4H3,(H2,21,22)(H,23,26)/b24-12-/t9-,13-,17-/m1/s1. The first-order valence-electron chi connectivity index (χ1n) is 10.5. The van der Waals surface area contributed by atoms with Gasteiger partial charge in [-0.25, -0.2) is 14.6 Å². The van der Waals surface area contributed by atoms with Gasteiger partial charge in [0, 0.05) is 25.2 Å². The Morgan fingerprint density at radius 2 is 2.08 bits per heavy atom. The largest absolute Gasteiger partial charge is 0.511 e. The highest BCUT2D eigenvalue weighted by Crippen LogP contribution is 2.41. The van der Waals surface area contributed by atoms with E-state index < -0.39 is 41.6 Å². The number of nitrogens with one attached hydrogen (secondary N) is 1. The Balaban J connectivity index is 1.75. The molecule has 0 unspecified atom stereocenters. The first-order valence-corrected chi connectivity index (χ1v) is 12.5. The monoisotopic (exact) mass is 543 g/mol. The van der Waals surface area contributed by atoms with Gasteiger partial charge in [0.1, 0.15) is 29.9 Å². The van der Waals surface area contributed by atoms with E-state index in [2.05, 4.69) is 20.2 Å². The van der Waals surface area contributed by atoms with E-state index in [1.54, 1.807) is 6.92 Å². The van der Waals surface area contributed by atoms with Crippen LogP contribution in [0.2, 0.25) is 0 Å². The highest BCUT2D eigenvalue weighted by Gasteiger charge is 2.55. The van der Waals surface area contributed by atoms with Crippen LogP contribution in [-0.2, 0) is 38.2 Å². The Kier molecular flexibility index (Phi) is 9.11. The number of rotatable bonds is 10. The fourth-order valence-electron chi connectivity index (χ4n) is 3.38. The molecule has 0 spiro atoms. The number of nitrogen functional groups attached to an aromatic ring is 1. The third kappa shape index (κ3) is 5.88. The number of aromatic nitrogens is 1. The van der Waals surface area contributed by atoms with Gasteiger partial charge in [-0.2, -0.15) is 0 Å². The summed E-state index contributed by atoms with van der Waals surface area (Å²) in [6, 6.07) is -0.958. The van der Waals surface area contributed by atoms with Gasteiger partial charge in [0.2, 0.25) is 6.29 Å². The molecular formula is C20H25N5O9S2. The van der Waals surface area contributed by atoms with Crippen molar-refractivity contribution in [3.05, 3.63) is 22.3 Å². The van der Waals surface area contributed by atoms with E-state index >= 15 is 0 Å². The first-order chi connectivity index (χ1) is 17.2. The van der Waals surface area contributed by atoms with E-state index in [-0.39, 0.29) is 35.4 Å². The minimum Gasteiger partial charge on any atom is -0.435 e. The minimum atomic E-state index is -1.27. The Morgan fingerprint density at radius 3 is 2.69 bits per heavy atom. The summed E-state index contributed by atoms with van der Waals surface area (Å²) in [5.41, 5.74) is 6.15. The fourth-order valence-corrected chi connectivity index (χ4v) is 5.25. The molecule has 0 radical (unpaired) electrons. The van der Waals surface area contributed by atoms with Crippen molar-refractivity contribution in [1.29, 1.82) is 0 Å². The van der Waals surface area contributed by atoms with Crippen molar-refractivity contribution in [3.8, 4) is 0 Å². The molecule has 2 aliphatic heterocycles. The van der Waals surface area contributed by atoms with Crippen molar-refractivity contribution in [2.75, 3.05) is 38.9 Å². The van der Waals surface area contributed by atoms with Crippen molar-refractivity contribution in [3.63, 3.8) is 0 Å². The van der Waals surface area contributed by atoms with Gasteiger partial charge in [-0.3, -0.25) is 14.5 Å². The second-order valence-electron chi connectivity index (χ2n) is 7.21. The summed E-state index contributed by atoms with van der Waals surface area (Å²) < 4.78 is 19.9. The van der Waals surface area contributed by atoms with Gasteiger partial charge >= 0.3 is 12.1 Å². The van der Waals surface area contributed by atoms with Gasteiger partial charge in [-0.05, 0) is 12.5 Å². The van der Waals surface area contributed by atoms with Crippen LogP contribution in [-0.4, -0.2) is 90.4 Å². The Bertz CT molecular complexity index is 1090. The third-order valence-electron chi connectivity index (χ3n) is 4.81. The van der Waals surface area contributed by atoms with Gasteiger partial charge < -0.3 is 34.8 Å². The zero-order valence-corrected chi connectivity index (χ0v) is 21.5. The van der Waals surface area contributed by atoms with E-state index in [0.717, 1.165) is 11.3 Å². The van der Waals surface area contributed by atoms with Crippen LogP contribution >= 0.6 is 23.1 Å². The molecule has 14 nitrogen and oxygen atoms in total. The molecule has 3 heterocycles. The predicted molar refractivity (Wildman–Crippen MR) is 128 cm³/mol. The molecule has 0 bridgehead atoms. The number of thioether (sulfide) groups is 1. The minimum absolute atomic E-state index is 0.0338. The van der Waals surface area contributed by atoms with Crippen molar-refractivity contribution in [1.82, 2.24) is 15.2 Å². The highest BCUT2D eigenvalue weighted by molar-refractivity contribution is 8.00. The molecule has 0 saturated carbocycles. The summed E-state index contributed by atoms with van der Waals surface area (Å²) in [6.45, 7) is 3.08. The smallest absolute Gasteiger partial charge is 0.435 e. The average Bonchev–Trinajstić information content (AvgIpc) is 3.26. The number of carbonyl (C=O) groups excluding carboxylic acids is 4. The number of methoxy groups -OCH3 is 1. The molecule has 1 fully saturated rings. The molecule has 0 aromatic carbocycles. The van der Waals surface area contributed by atoms with Crippen molar-refractivity contribution < 1.29 is 43.0 Å². The molecule has 2 aliphatic rings. The predicted octanol–water partition coefficient (Wildman–Crippen LogP) is 0.439. The zero-order chi connectivity index (χ0) is 26.4. The lowest BCUT2D eigenvalue weighted by Gasteiger charge is -2.49. The normalized spacial score (nSPS) is 20.2. The molecule has 36 heavy (non-hydrogen) atoms.